The summed E-state index contributed by atoms with van der Waals surface area (Å²) in [6.07, 6.45) is 0.452. The van der Waals surface area contributed by atoms with E-state index in [1.807, 2.05) is 6.92 Å². The van der Waals surface area contributed by atoms with E-state index >= 15 is 0 Å². The summed E-state index contributed by atoms with van der Waals surface area (Å²) in [5, 5.41) is 9.24. The zero-order valence-corrected chi connectivity index (χ0v) is 11.2. The summed E-state index contributed by atoms with van der Waals surface area (Å²) in [4.78, 5) is 23.1. The topological polar surface area (TPSA) is 82.1 Å². The van der Waals surface area contributed by atoms with Gasteiger partial charge in [0.1, 0.15) is 0 Å². The first kappa shape index (κ1) is 16.9. The van der Waals surface area contributed by atoms with Crippen molar-refractivity contribution in [2.24, 2.45) is 0 Å². The summed E-state index contributed by atoms with van der Waals surface area (Å²) >= 11 is 0. The molecule has 0 fully saturated rings. The molecule has 0 radical (unpaired) electrons. The van der Waals surface area contributed by atoms with Crippen LogP contribution >= 0.6 is 0 Å². The first-order chi connectivity index (χ1) is 8.55. The average Bonchev–Trinajstić information content (AvgIpc) is 2.33. The van der Waals surface area contributed by atoms with Gasteiger partial charge in [-0.25, -0.2) is 9.59 Å². The van der Waals surface area contributed by atoms with Gasteiger partial charge in [0.15, 0.2) is 0 Å². The molecule has 0 aromatic carbocycles. The minimum absolute atomic E-state index is 0.0367. The number of aliphatic carboxylic acids is 1. The van der Waals surface area contributed by atoms with E-state index < -0.39 is 17.5 Å². The number of carboxylic acids is 1. The molecule has 6 heteroatoms. The van der Waals surface area contributed by atoms with E-state index in [2.05, 4.69) is 0 Å². The highest BCUT2D eigenvalue weighted by atomic mass is 16.6. The molecule has 0 amide bonds. The van der Waals surface area contributed by atoms with Gasteiger partial charge < -0.3 is 19.3 Å². The molecule has 0 aliphatic heterocycles. The van der Waals surface area contributed by atoms with Gasteiger partial charge in [0, 0.05) is 26.2 Å². The van der Waals surface area contributed by atoms with Crippen LogP contribution < -0.4 is 0 Å². The van der Waals surface area contributed by atoms with Crippen molar-refractivity contribution in [1.82, 2.24) is 0 Å². The zero-order chi connectivity index (χ0) is 14.0. The smallest absolute Gasteiger partial charge is 0.350 e. The van der Waals surface area contributed by atoms with Gasteiger partial charge in [-0.3, -0.25) is 0 Å². The lowest BCUT2D eigenvalue weighted by molar-refractivity contribution is -0.188. The third kappa shape index (κ3) is 4.62. The number of hydrogen-bond acceptors (Lipinski definition) is 5. The van der Waals surface area contributed by atoms with Crippen LogP contribution in [-0.4, -0.2) is 49.1 Å². The minimum Gasteiger partial charge on any atom is -0.479 e. The summed E-state index contributed by atoms with van der Waals surface area (Å²) in [5.41, 5.74) is -1.91. The van der Waals surface area contributed by atoms with Crippen molar-refractivity contribution in [2.75, 3.05) is 26.4 Å². The Labute approximate surface area is 107 Å². The molecule has 0 rings (SSSR count). The van der Waals surface area contributed by atoms with Gasteiger partial charge in [-0.1, -0.05) is 0 Å². The third-order valence-corrected chi connectivity index (χ3v) is 2.36. The number of rotatable bonds is 10. The molecule has 0 aliphatic carbocycles. The second-order valence-corrected chi connectivity index (χ2v) is 3.59. The Morgan fingerprint density at radius 3 is 2.22 bits per heavy atom. The number of ether oxygens (including phenoxy) is 3. The van der Waals surface area contributed by atoms with Gasteiger partial charge in [0.05, 0.1) is 6.61 Å². The highest BCUT2D eigenvalue weighted by Crippen LogP contribution is 2.21. The first-order valence-electron chi connectivity index (χ1n) is 6.17. The Kier molecular flexibility index (Phi) is 8.32. The molecule has 0 saturated carbocycles. The number of carbonyl (C=O) groups excluding carboxylic acids is 1. The normalized spacial score (nSPS) is 13.9. The number of carboxylic acid groups (broad SMARTS) is 1. The molecule has 0 aromatic rings. The van der Waals surface area contributed by atoms with Crippen molar-refractivity contribution in [2.45, 2.75) is 39.2 Å². The molecule has 1 atom stereocenters. The molecule has 1 N–H and O–H groups in total. The lowest BCUT2D eigenvalue weighted by Crippen LogP contribution is -2.50. The summed E-state index contributed by atoms with van der Waals surface area (Å²) < 4.78 is 15.1. The molecule has 0 saturated heterocycles. The van der Waals surface area contributed by atoms with Crippen LogP contribution in [0.25, 0.3) is 0 Å². The van der Waals surface area contributed by atoms with Crippen molar-refractivity contribution in [3.63, 3.8) is 0 Å². The van der Waals surface area contributed by atoms with Gasteiger partial charge in [-0.05, 0) is 27.2 Å². The minimum atomic E-state index is -1.91. The van der Waals surface area contributed by atoms with E-state index in [1.165, 1.54) is 0 Å². The molecular weight excluding hydrogens is 240 g/mol. The van der Waals surface area contributed by atoms with Crippen molar-refractivity contribution in [3.05, 3.63) is 0 Å². The SMILES string of the molecule is CCOCCCC(OCC)(C(=O)O)C(=O)OCC. The number of esters is 1. The fraction of sp³-hybridized carbons (Fsp3) is 0.833. The van der Waals surface area contributed by atoms with Gasteiger partial charge in [-0.15, -0.1) is 0 Å². The summed E-state index contributed by atoms with van der Waals surface area (Å²) in [6, 6.07) is 0. The van der Waals surface area contributed by atoms with Crippen LogP contribution in [0.4, 0.5) is 0 Å². The molecular formula is C12H22O6. The highest BCUT2D eigenvalue weighted by Gasteiger charge is 2.48. The van der Waals surface area contributed by atoms with E-state index in [0.29, 0.717) is 19.6 Å². The maximum Gasteiger partial charge on any atom is 0.350 e. The summed E-state index contributed by atoms with van der Waals surface area (Å²) in [6.45, 7) is 6.28. The second-order valence-electron chi connectivity index (χ2n) is 3.59. The Balaban J connectivity index is 4.74. The molecule has 0 heterocycles. The first-order valence-corrected chi connectivity index (χ1v) is 6.17. The molecule has 0 spiro atoms. The molecule has 18 heavy (non-hydrogen) atoms. The summed E-state index contributed by atoms with van der Waals surface area (Å²) in [7, 11) is 0. The van der Waals surface area contributed by atoms with Gasteiger partial charge in [0.2, 0.25) is 0 Å². The van der Waals surface area contributed by atoms with Gasteiger partial charge >= 0.3 is 11.9 Å². The van der Waals surface area contributed by atoms with Crippen LogP contribution in [0.1, 0.15) is 33.6 Å². The van der Waals surface area contributed by atoms with Crippen LogP contribution in [0.5, 0.6) is 0 Å². The molecule has 0 aromatic heterocycles. The Morgan fingerprint density at radius 1 is 1.11 bits per heavy atom. The molecule has 0 bridgehead atoms. The maximum atomic E-state index is 11.8. The van der Waals surface area contributed by atoms with Crippen LogP contribution in [0.3, 0.4) is 0 Å². The van der Waals surface area contributed by atoms with E-state index in [4.69, 9.17) is 14.2 Å². The lowest BCUT2D eigenvalue weighted by atomic mass is 9.97. The zero-order valence-electron chi connectivity index (χ0n) is 11.2. The largest absolute Gasteiger partial charge is 0.479 e. The Bertz CT molecular complexity index is 265. The van der Waals surface area contributed by atoms with Crippen molar-refractivity contribution in [3.8, 4) is 0 Å². The highest BCUT2D eigenvalue weighted by molar-refractivity contribution is 6.02. The number of carbonyl (C=O) groups is 2. The maximum absolute atomic E-state index is 11.8. The Morgan fingerprint density at radius 2 is 1.78 bits per heavy atom. The van der Waals surface area contributed by atoms with Crippen LogP contribution in [0.15, 0.2) is 0 Å². The molecule has 0 aliphatic rings. The second kappa shape index (κ2) is 8.88. The van der Waals surface area contributed by atoms with E-state index in [-0.39, 0.29) is 19.6 Å². The summed E-state index contributed by atoms with van der Waals surface area (Å²) in [5.74, 6) is -2.17. The predicted octanol–water partition coefficient (Wildman–Crippen LogP) is 1.23. The quantitative estimate of drug-likeness (QED) is 0.362. The van der Waals surface area contributed by atoms with Crippen molar-refractivity contribution in [1.29, 1.82) is 0 Å². The van der Waals surface area contributed by atoms with Crippen molar-refractivity contribution >= 4 is 11.9 Å². The van der Waals surface area contributed by atoms with E-state index in [1.54, 1.807) is 13.8 Å². The fourth-order valence-corrected chi connectivity index (χ4v) is 1.55. The predicted molar refractivity (Wildman–Crippen MR) is 64.4 cm³/mol. The fourth-order valence-electron chi connectivity index (χ4n) is 1.55. The monoisotopic (exact) mass is 262 g/mol. The van der Waals surface area contributed by atoms with Crippen molar-refractivity contribution < 1.29 is 28.9 Å². The third-order valence-electron chi connectivity index (χ3n) is 2.36. The molecule has 106 valence electrons. The van der Waals surface area contributed by atoms with Gasteiger partial charge in [-0.2, -0.15) is 0 Å². The lowest BCUT2D eigenvalue weighted by Gasteiger charge is -2.26. The number of hydrogen-bond donors (Lipinski definition) is 1. The Hall–Kier alpha value is -1.14. The van der Waals surface area contributed by atoms with Crippen LogP contribution in [0, 0.1) is 0 Å². The van der Waals surface area contributed by atoms with E-state index in [9.17, 15) is 14.7 Å². The van der Waals surface area contributed by atoms with E-state index in [0.717, 1.165) is 0 Å². The standard InChI is InChI=1S/C12H22O6/c1-4-16-9-7-8-12(10(13)14,18-6-3)11(15)17-5-2/h4-9H2,1-3H3,(H,13,14). The van der Waals surface area contributed by atoms with Crippen LogP contribution in [0.2, 0.25) is 0 Å². The average molecular weight is 262 g/mol. The van der Waals surface area contributed by atoms with Gasteiger partial charge in [0.25, 0.3) is 5.60 Å². The molecule has 6 nitrogen and oxygen atoms in total. The molecule has 1 unspecified atom stereocenters. The van der Waals surface area contributed by atoms with Crippen LogP contribution in [-0.2, 0) is 23.8 Å².